The summed E-state index contributed by atoms with van der Waals surface area (Å²) in [6.07, 6.45) is 1.73. The third kappa shape index (κ3) is 3.73. The number of fused-ring (bicyclic) bond motifs is 1. The van der Waals surface area contributed by atoms with Gasteiger partial charge in [-0.2, -0.15) is 0 Å². The zero-order valence-corrected chi connectivity index (χ0v) is 15.9. The molecule has 28 heavy (non-hydrogen) atoms. The standard InChI is InChI=1S/C22H17NO4S/c1-2-26-22(25)15-9-7-14(8-10-15)18-12-11-16(27-18)13-20-21(24)23-17-5-3-4-6-19(17)28-20/h3-13H,2H2,1H3,(H,23,24)/b20-13-. The molecule has 0 aliphatic carbocycles. The molecule has 2 heterocycles. The van der Waals surface area contributed by atoms with Gasteiger partial charge in [0.25, 0.3) is 5.91 Å². The number of carbonyl (C=O) groups excluding carboxylic acids is 2. The molecular formula is C22H17NO4S. The number of thioether (sulfide) groups is 1. The molecule has 0 radical (unpaired) electrons. The first-order valence-corrected chi connectivity index (χ1v) is 9.63. The van der Waals surface area contributed by atoms with Gasteiger partial charge in [-0.1, -0.05) is 36.0 Å². The molecule has 6 heteroatoms. The summed E-state index contributed by atoms with van der Waals surface area (Å²) in [6.45, 7) is 2.11. The number of nitrogens with one attached hydrogen (secondary N) is 1. The van der Waals surface area contributed by atoms with Crippen LogP contribution in [0.25, 0.3) is 17.4 Å². The first-order valence-electron chi connectivity index (χ1n) is 8.81. The molecule has 1 N–H and O–H groups in total. The van der Waals surface area contributed by atoms with Crippen molar-refractivity contribution in [2.45, 2.75) is 11.8 Å². The van der Waals surface area contributed by atoms with Gasteiger partial charge in [0.1, 0.15) is 11.5 Å². The van der Waals surface area contributed by atoms with Gasteiger partial charge in [-0.25, -0.2) is 4.79 Å². The average molecular weight is 391 g/mol. The van der Waals surface area contributed by atoms with Gasteiger partial charge in [0.2, 0.25) is 0 Å². The fourth-order valence-electron chi connectivity index (χ4n) is 2.80. The Morgan fingerprint density at radius 3 is 2.68 bits per heavy atom. The lowest BCUT2D eigenvalue weighted by molar-refractivity contribution is -0.112. The first kappa shape index (κ1) is 18.1. The number of hydrogen-bond acceptors (Lipinski definition) is 5. The Balaban J connectivity index is 1.54. The number of carbonyl (C=O) groups is 2. The summed E-state index contributed by atoms with van der Waals surface area (Å²) in [7, 11) is 0. The van der Waals surface area contributed by atoms with E-state index in [4.69, 9.17) is 9.15 Å². The number of rotatable bonds is 4. The Morgan fingerprint density at radius 2 is 1.89 bits per heavy atom. The van der Waals surface area contributed by atoms with Crippen molar-refractivity contribution in [2.75, 3.05) is 11.9 Å². The monoisotopic (exact) mass is 391 g/mol. The van der Waals surface area contributed by atoms with Crippen LogP contribution in [0.2, 0.25) is 0 Å². The molecule has 4 rings (SSSR count). The maximum absolute atomic E-state index is 12.3. The smallest absolute Gasteiger partial charge is 0.338 e. The van der Waals surface area contributed by atoms with E-state index >= 15 is 0 Å². The van der Waals surface area contributed by atoms with Crippen LogP contribution in [0.15, 0.2) is 74.9 Å². The van der Waals surface area contributed by atoms with E-state index in [-0.39, 0.29) is 11.9 Å². The number of para-hydroxylation sites is 1. The van der Waals surface area contributed by atoms with E-state index in [1.807, 2.05) is 36.4 Å². The minimum absolute atomic E-state index is 0.152. The van der Waals surface area contributed by atoms with Gasteiger partial charge in [-0.05, 0) is 43.3 Å². The topological polar surface area (TPSA) is 68.5 Å². The second-order valence-corrected chi connectivity index (χ2v) is 7.14. The molecule has 0 unspecified atom stereocenters. The summed E-state index contributed by atoms with van der Waals surface area (Å²) in [5, 5.41) is 2.88. The fraction of sp³-hybridized carbons (Fsp3) is 0.0909. The number of anilines is 1. The van der Waals surface area contributed by atoms with Crippen LogP contribution in [0.4, 0.5) is 5.69 Å². The lowest BCUT2D eigenvalue weighted by Crippen LogP contribution is -2.16. The molecule has 0 atom stereocenters. The Bertz CT molecular complexity index is 1070. The SMILES string of the molecule is CCOC(=O)c1ccc(-c2ccc(/C=C3\Sc4ccccc4NC3=O)o2)cc1. The minimum Gasteiger partial charge on any atom is -0.462 e. The Labute approximate surface area is 166 Å². The molecule has 2 aromatic carbocycles. The third-order valence-electron chi connectivity index (χ3n) is 4.16. The lowest BCUT2D eigenvalue weighted by atomic mass is 10.1. The average Bonchev–Trinajstić information content (AvgIpc) is 3.17. The first-order chi connectivity index (χ1) is 13.6. The summed E-state index contributed by atoms with van der Waals surface area (Å²) in [5.74, 6) is 0.741. The third-order valence-corrected chi connectivity index (χ3v) is 5.26. The summed E-state index contributed by atoms with van der Waals surface area (Å²) >= 11 is 1.41. The maximum Gasteiger partial charge on any atom is 0.338 e. The van der Waals surface area contributed by atoms with E-state index in [1.54, 1.807) is 37.3 Å². The van der Waals surface area contributed by atoms with Gasteiger partial charge >= 0.3 is 5.97 Å². The normalized spacial score (nSPS) is 14.5. The molecule has 0 bridgehead atoms. The molecule has 5 nitrogen and oxygen atoms in total. The number of furan rings is 1. The van der Waals surface area contributed by atoms with Gasteiger partial charge in [0, 0.05) is 16.5 Å². The van der Waals surface area contributed by atoms with Crippen LogP contribution in [-0.2, 0) is 9.53 Å². The van der Waals surface area contributed by atoms with E-state index in [1.165, 1.54) is 11.8 Å². The van der Waals surface area contributed by atoms with Crippen molar-refractivity contribution in [3.05, 3.63) is 76.9 Å². The number of amides is 1. The van der Waals surface area contributed by atoms with Crippen molar-refractivity contribution < 1.29 is 18.7 Å². The van der Waals surface area contributed by atoms with E-state index < -0.39 is 0 Å². The molecule has 3 aromatic rings. The molecule has 0 spiro atoms. The second kappa shape index (κ2) is 7.78. The Morgan fingerprint density at radius 1 is 1.11 bits per heavy atom. The molecule has 0 saturated heterocycles. The van der Waals surface area contributed by atoms with Crippen LogP contribution in [0.1, 0.15) is 23.0 Å². The highest BCUT2D eigenvalue weighted by Crippen LogP contribution is 2.38. The summed E-state index contributed by atoms with van der Waals surface area (Å²) in [6, 6.07) is 18.3. The van der Waals surface area contributed by atoms with Crippen LogP contribution >= 0.6 is 11.8 Å². The van der Waals surface area contributed by atoms with Crippen molar-refractivity contribution in [2.24, 2.45) is 0 Å². The zero-order valence-electron chi connectivity index (χ0n) is 15.1. The Hall–Kier alpha value is -3.25. The van der Waals surface area contributed by atoms with Crippen molar-refractivity contribution >= 4 is 35.4 Å². The van der Waals surface area contributed by atoms with Gasteiger partial charge in [0.05, 0.1) is 22.8 Å². The van der Waals surface area contributed by atoms with Crippen molar-refractivity contribution in [3.63, 3.8) is 0 Å². The molecular weight excluding hydrogens is 374 g/mol. The van der Waals surface area contributed by atoms with Gasteiger partial charge < -0.3 is 14.5 Å². The van der Waals surface area contributed by atoms with Crippen molar-refractivity contribution in [1.82, 2.24) is 0 Å². The highest BCUT2D eigenvalue weighted by atomic mass is 32.2. The van der Waals surface area contributed by atoms with E-state index in [2.05, 4.69) is 5.32 Å². The molecule has 1 aliphatic rings. The highest BCUT2D eigenvalue weighted by Gasteiger charge is 2.21. The van der Waals surface area contributed by atoms with Gasteiger partial charge in [-0.3, -0.25) is 4.79 Å². The summed E-state index contributed by atoms with van der Waals surface area (Å²) in [4.78, 5) is 25.6. The van der Waals surface area contributed by atoms with Crippen LogP contribution < -0.4 is 5.32 Å². The predicted molar refractivity (Wildman–Crippen MR) is 109 cm³/mol. The maximum atomic E-state index is 12.3. The quantitative estimate of drug-likeness (QED) is 0.488. The van der Waals surface area contributed by atoms with Crippen molar-refractivity contribution in [1.29, 1.82) is 0 Å². The number of hydrogen-bond donors (Lipinski definition) is 1. The zero-order chi connectivity index (χ0) is 19.5. The van der Waals surface area contributed by atoms with Crippen molar-refractivity contribution in [3.8, 4) is 11.3 Å². The van der Waals surface area contributed by atoms with Gasteiger partial charge in [0.15, 0.2) is 0 Å². The minimum atomic E-state index is -0.348. The lowest BCUT2D eigenvalue weighted by Gasteiger charge is -2.17. The summed E-state index contributed by atoms with van der Waals surface area (Å²) in [5.41, 5.74) is 2.15. The van der Waals surface area contributed by atoms with Crippen LogP contribution in [0, 0.1) is 0 Å². The fourth-order valence-corrected chi connectivity index (χ4v) is 3.73. The van der Waals surface area contributed by atoms with Crippen LogP contribution in [0.5, 0.6) is 0 Å². The largest absolute Gasteiger partial charge is 0.462 e. The number of esters is 1. The molecule has 0 saturated carbocycles. The second-order valence-electron chi connectivity index (χ2n) is 6.06. The van der Waals surface area contributed by atoms with E-state index in [0.717, 1.165) is 16.1 Å². The van der Waals surface area contributed by atoms with Gasteiger partial charge in [-0.15, -0.1) is 0 Å². The molecule has 1 aliphatic heterocycles. The predicted octanol–water partition coefficient (Wildman–Crippen LogP) is 5.21. The number of ether oxygens (including phenoxy) is 1. The highest BCUT2D eigenvalue weighted by molar-refractivity contribution is 8.04. The van der Waals surface area contributed by atoms with E-state index in [0.29, 0.717) is 28.6 Å². The molecule has 140 valence electrons. The molecule has 1 amide bonds. The molecule has 0 fully saturated rings. The Kier molecular flexibility index (Phi) is 5.04. The van der Waals surface area contributed by atoms with Crippen LogP contribution in [0.3, 0.4) is 0 Å². The summed E-state index contributed by atoms with van der Waals surface area (Å²) < 4.78 is 10.9. The van der Waals surface area contributed by atoms with E-state index in [9.17, 15) is 9.59 Å². The number of benzene rings is 2. The molecule has 1 aromatic heterocycles. The van der Waals surface area contributed by atoms with Crippen LogP contribution in [-0.4, -0.2) is 18.5 Å².